The van der Waals surface area contributed by atoms with Gasteiger partial charge in [0.2, 0.25) is 11.8 Å². The fraction of sp³-hybridized carbons (Fsp3) is 0.429. The lowest BCUT2D eigenvalue weighted by Crippen LogP contribution is -2.50. The van der Waals surface area contributed by atoms with Crippen LogP contribution in [0, 0.1) is 5.92 Å². The summed E-state index contributed by atoms with van der Waals surface area (Å²) in [7, 11) is 1.24. The van der Waals surface area contributed by atoms with Crippen LogP contribution in [0.5, 0.6) is 0 Å². The molecule has 1 rings (SSSR count). The van der Waals surface area contributed by atoms with Crippen LogP contribution in [0.2, 0.25) is 0 Å². The van der Waals surface area contributed by atoms with Crippen LogP contribution in [0.15, 0.2) is 43.0 Å². The van der Waals surface area contributed by atoms with Gasteiger partial charge in [-0.2, -0.15) is 0 Å². The largest absolute Gasteiger partial charge is 0.467 e. The minimum Gasteiger partial charge on any atom is -0.467 e. The molecule has 0 radical (unpaired) electrons. The van der Waals surface area contributed by atoms with Gasteiger partial charge >= 0.3 is 12.1 Å². The topological polar surface area (TPSA) is 123 Å². The maximum atomic E-state index is 12.2. The van der Waals surface area contributed by atoms with Crippen LogP contribution in [-0.4, -0.2) is 49.6 Å². The molecule has 9 heteroatoms. The van der Waals surface area contributed by atoms with Crippen molar-refractivity contribution in [3.8, 4) is 0 Å². The molecule has 0 saturated heterocycles. The predicted molar refractivity (Wildman–Crippen MR) is 110 cm³/mol. The zero-order chi connectivity index (χ0) is 22.5. The van der Waals surface area contributed by atoms with E-state index in [1.54, 1.807) is 12.1 Å². The number of benzene rings is 1. The first-order valence-corrected chi connectivity index (χ1v) is 9.51. The minimum atomic E-state index is -1.09. The molecule has 0 aliphatic carbocycles. The number of methoxy groups -OCH3 is 1. The minimum absolute atomic E-state index is 0.0470. The lowest BCUT2D eigenvalue weighted by atomic mass is 10.0. The summed E-state index contributed by atoms with van der Waals surface area (Å²) in [4.78, 5) is 48.0. The highest BCUT2D eigenvalue weighted by Gasteiger charge is 2.24. The average molecular weight is 419 g/mol. The maximum absolute atomic E-state index is 12.2. The van der Waals surface area contributed by atoms with E-state index in [2.05, 4.69) is 27.3 Å². The molecule has 9 nitrogen and oxygen atoms in total. The number of rotatable bonds is 11. The number of carbonyl (C=O) groups excluding carboxylic acids is 4. The van der Waals surface area contributed by atoms with Crippen molar-refractivity contribution < 1.29 is 28.7 Å². The van der Waals surface area contributed by atoms with Gasteiger partial charge in [0.25, 0.3) is 0 Å². The Kier molecular flexibility index (Phi) is 10.7. The van der Waals surface area contributed by atoms with E-state index in [4.69, 9.17) is 4.74 Å². The third kappa shape index (κ3) is 9.22. The van der Waals surface area contributed by atoms with E-state index in [0.717, 1.165) is 5.56 Å². The predicted octanol–water partition coefficient (Wildman–Crippen LogP) is 1.29. The highest BCUT2D eigenvalue weighted by molar-refractivity contribution is 5.91. The summed E-state index contributed by atoms with van der Waals surface area (Å²) in [5.41, 5.74) is 0.797. The number of hydrogen-bond acceptors (Lipinski definition) is 6. The number of carbonyl (C=O) groups is 4. The fourth-order valence-corrected chi connectivity index (χ4v) is 2.47. The Morgan fingerprint density at radius 3 is 2.33 bits per heavy atom. The molecule has 3 amide bonds. The Hall–Kier alpha value is -3.36. The molecule has 0 saturated carbocycles. The summed E-state index contributed by atoms with van der Waals surface area (Å²) in [6.45, 7) is 6.98. The third-order valence-corrected chi connectivity index (χ3v) is 3.96. The molecular formula is C21H29N3O6. The van der Waals surface area contributed by atoms with E-state index < -0.39 is 36.0 Å². The fourth-order valence-electron chi connectivity index (χ4n) is 2.47. The highest BCUT2D eigenvalue weighted by atomic mass is 16.5. The molecule has 1 aromatic rings. The van der Waals surface area contributed by atoms with E-state index in [-0.39, 0.29) is 19.1 Å². The number of esters is 1. The van der Waals surface area contributed by atoms with Crippen molar-refractivity contribution in [1.82, 2.24) is 16.0 Å². The lowest BCUT2D eigenvalue weighted by Gasteiger charge is -2.19. The van der Waals surface area contributed by atoms with Gasteiger partial charge in [0, 0.05) is 0 Å². The van der Waals surface area contributed by atoms with Crippen molar-refractivity contribution >= 4 is 23.9 Å². The van der Waals surface area contributed by atoms with Crippen LogP contribution in [-0.2, 0) is 30.5 Å². The maximum Gasteiger partial charge on any atom is 0.408 e. The van der Waals surface area contributed by atoms with Gasteiger partial charge in [0.05, 0.1) is 13.7 Å². The van der Waals surface area contributed by atoms with Crippen molar-refractivity contribution in [2.45, 2.75) is 39.0 Å². The molecule has 0 fully saturated rings. The van der Waals surface area contributed by atoms with Gasteiger partial charge in [-0.3, -0.25) is 9.59 Å². The van der Waals surface area contributed by atoms with Gasteiger partial charge < -0.3 is 25.4 Å². The number of alkyl carbamates (subject to hydrolysis) is 1. The summed E-state index contributed by atoms with van der Waals surface area (Å²) in [5, 5.41) is 7.27. The SMILES string of the molecule is C=CC(NC(=O)OCc1ccccc1)C(=O)NCC(=O)NC(CC(C)C)C(=O)OC. The first kappa shape index (κ1) is 24.7. The molecule has 2 unspecified atom stereocenters. The molecule has 0 spiro atoms. The molecule has 0 heterocycles. The van der Waals surface area contributed by atoms with E-state index in [0.29, 0.717) is 6.42 Å². The summed E-state index contributed by atoms with van der Waals surface area (Å²) in [6.07, 6.45) is 0.815. The summed E-state index contributed by atoms with van der Waals surface area (Å²) in [5.74, 6) is -1.61. The van der Waals surface area contributed by atoms with Gasteiger partial charge in [-0.25, -0.2) is 9.59 Å². The van der Waals surface area contributed by atoms with Crippen molar-refractivity contribution in [2.24, 2.45) is 5.92 Å². The van der Waals surface area contributed by atoms with Gasteiger partial charge in [-0.05, 0) is 17.9 Å². The van der Waals surface area contributed by atoms with Gasteiger partial charge in [-0.15, -0.1) is 6.58 Å². The molecule has 30 heavy (non-hydrogen) atoms. The first-order valence-electron chi connectivity index (χ1n) is 9.51. The normalized spacial score (nSPS) is 12.3. The third-order valence-electron chi connectivity index (χ3n) is 3.96. The van der Waals surface area contributed by atoms with Crippen molar-refractivity contribution in [3.05, 3.63) is 48.6 Å². The second-order valence-electron chi connectivity index (χ2n) is 6.91. The average Bonchev–Trinajstić information content (AvgIpc) is 2.73. The lowest BCUT2D eigenvalue weighted by molar-refractivity contribution is -0.145. The molecule has 0 bridgehead atoms. The molecular weight excluding hydrogens is 390 g/mol. The Balaban J connectivity index is 2.47. The Morgan fingerprint density at radius 2 is 1.77 bits per heavy atom. The summed E-state index contributed by atoms with van der Waals surface area (Å²) in [6, 6.07) is 7.16. The van der Waals surface area contributed by atoms with Crippen molar-refractivity contribution in [3.63, 3.8) is 0 Å². The zero-order valence-electron chi connectivity index (χ0n) is 17.5. The van der Waals surface area contributed by atoms with Crippen LogP contribution in [0.3, 0.4) is 0 Å². The Labute approximate surface area is 176 Å². The van der Waals surface area contributed by atoms with Gasteiger partial charge in [-0.1, -0.05) is 50.3 Å². The molecule has 164 valence electrons. The number of ether oxygens (including phenoxy) is 2. The van der Waals surface area contributed by atoms with Crippen LogP contribution < -0.4 is 16.0 Å². The zero-order valence-corrected chi connectivity index (χ0v) is 17.5. The summed E-state index contributed by atoms with van der Waals surface area (Å²) < 4.78 is 9.73. The van der Waals surface area contributed by atoms with E-state index >= 15 is 0 Å². The van der Waals surface area contributed by atoms with Crippen LogP contribution in [0.1, 0.15) is 25.8 Å². The number of amides is 3. The van der Waals surface area contributed by atoms with Gasteiger partial charge in [0.15, 0.2) is 0 Å². The molecule has 0 aliphatic rings. The number of hydrogen-bond donors (Lipinski definition) is 3. The van der Waals surface area contributed by atoms with E-state index in [1.165, 1.54) is 13.2 Å². The second kappa shape index (κ2) is 13.0. The number of nitrogens with one attached hydrogen (secondary N) is 3. The quantitative estimate of drug-likeness (QED) is 0.367. The second-order valence-corrected chi connectivity index (χ2v) is 6.91. The van der Waals surface area contributed by atoms with E-state index in [1.807, 2.05) is 32.0 Å². The van der Waals surface area contributed by atoms with Crippen LogP contribution in [0.25, 0.3) is 0 Å². The standard InChI is InChI=1S/C21H29N3O6/c1-5-16(24-21(28)30-13-15-9-7-6-8-10-15)19(26)22-12-18(25)23-17(11-14(2)3)20(27)29-4/h5-10,14,16-17H,1,11-13H2,2-4H3,(H,22,26)(H,23,25)(H,24,28). The van der Waals surface area contributed by atoms with Crippen LogP contribution >= 0.6 is 0 Å². The molecule has 3 N–H and O–H groups in total. The van der Waals surface area contributed by atoms with Crippen molar-refractivity contribution in [1.29, 1.82) is 0 Å². The monoisotopic (exact) mass is 419 g/mol. The van der Waals surface area contributed by atoms with Crippen molar-refractivity contribution in [2.75, 3.05) is 13.7 Å². The van der Waals surface area contributed by atoms with E-state index in [9.17, 15) is 19.2 Å². The molecule has 1 aromatic carbocycles. The smallest absolute Gasteiger partial charge is 0.408 e. The highest BCUT2D eigenvalue weighted by Crippen LogP contribution is 2.06. The molecule has 0 aliphatic heterocycles. The Morgan fingerprint density at radius 1 is 1.10 bits per heavy atom. The Bertz CT molecular complexity index is 736. The first-order chi connectivity index (χ1) is 14.3. The summed E-state index contributed by atoms with van der Waals surface area (Å²) >= 11 is 0. The van der Waals surface area contributed by atoms with Crippen LogP contribution in [0.4, 0.5) is 4.79 Å². The molecule has 2 atom stereocenters. The van der Waals surface area contributed by atoms with Gasteiger partial charge in [0.1, 0.15) is 18.7 Å². The molecule has 0 aromatic heterocycles.